The van der Waals surface area contributed by atoms with Gasteiger partial charge in [0, 0.05) is 31.5 Å². The number of likely N-dealkylation sites (N-methyl/N-ethyl adjacent to an activating group) is 1. The Labute approximate surface area is 332 Å². The molecule has 1 heterocycles. The number of nitrogens with zero attached hydrogens (tertiary/aromatic N) is 2. The van der Waals surface area contributed by atoms with Gasteiger partial charge in [0.2, 0.25) is 24.1 Å². The second-order valence-electron chi connectivity index (χ2n) is 17.5. The van der Waals surface area contributed by atoms with E-state index in [0.29, 0.717) is 32.4 Å². The van der Waals surface area contributed by atoms with E-state index in [1.165, 1.54) is 4.90 Å². The molecule has 11 nitrogen and oxygen atoms in total. The first kappa shape index (κ1) is 46.2. The maximum atomic E-state index is 14.5. The Morgan fingerprint density at radius 1 is 0.982 bits per heavy atom. The summed E-state index contributed by atoms with van der Waals surface area (Å²) in [5, 5.41) is 11.5. The largest absolute Gasteiger partial charge is 0.371 e. The molecule has 0 radical (unpaired) electrons. The molecular formula is C41H66F2N6O5S. The number of likely N-dealkylation sites (tertiary alicyclic amines) is 1. The fourth-order valence-electron chi connectivity index (χ4n) is 7.00. The van der Waals surface area contributed by atoms with Crippen LogP contribution in [0.15, 0.2) is 42.5 Å². The van der Waals surface area contributed by atoms with E-state index >= 15 is 0 Å². The molecule has 55 heavy (non-hydrogen) atoms. The Morgan fingerprint density at radius 3 is 2.24 bits per heavy atom. The highest BCUT2D eigenvalue weighted by Crippen LogP contribution is 2.31. The quantitative estimate of drug-likeness (QED) is 0.110. The van der Waals surface area contributed by atoms with E-state index in [1.807, 2.05) is 115 Å². The maximum absolute atomic E-state index is 14.5. The zero-order valence-corrected chi connectivity index (χ0v) is 35.3. The van der Waals surface area contributed by atoms with Crippen LogP contribution in [0.5, 0.6) is 0 Å². The molecule has 1 aliphatic heterocycles. The van der Waals surface area contributed by atoms with Crippen molar-refractivity contribution < 1.29 is 32.7 Å². The lowest BCUT2D eigenvalue weighted by Gasteiger charge is -2.38. The van der Waals surface area contributed by atoms with Gasteiger partial charge in [-0.25, -0.2) is 13.6 Å². The summed E-state index contributed by atoms with van der Waals surface area (Å²) < 4.78 is 36.1. The maximum Gasteiger partial charge on any atom is 0.315 e. The summed E-state index contributed by atoms with van der Waals surface area (Å²) in [6.45, 7) is 16.7. The molecule has 1 aromatic rings. The van der Waals surface area contributed by atoms with Crippen molar-refractivity contribution in [2.75, 3.05) is 26.4 Å². The van der Waals surface area contributed by atoms with Crippen molar-refractivity contribution in [1.82, 2.24) is 30.5 Å². The van der Waals surface area contributed by atoms with Crippen molar-refractivity contribution in [2.45, 2.75) is 137 Å². The van der Waals surface area contributed by atoms with Crippen LogP contribution in [0.4, 0.5) is 13.6 Å². The number of carbonyl (C=O) groups excluding carboxylic acids is 4. The van der Waals surface area contributed by atoms with Gasteiger partial charge in [0.25, 0.3) is 0 Å². The van der Waals surface area contributed by atoms with E-state index in [9.17, 15) is 28.0 Å². The number of hydrogen-bond acceptors (Lipinski definition) is 7. The van der Waals surface area contributed by atoms with E-state index in [4.69, 9.17) is 4.74 Å². The van der Waals surface area contributed by atoms with Crippen molar-refractivity contribution in [3.05, 3.63) is 48.0 Å². The fourth-order valence-corrected chi connectivity index (χ4v) is 7.30. The second kappa shape index (κ2) is 20.8. The van der Waals surface area contributed by atoms with Crippen LogP contribution in [0.3, 0.4) is 0 Å². The summed E-state index contributed by atoms with van der Waals surface area (Å²) in [5.41, 5.74) is -0.0599. The zero-order chi connectivity index (χ0) is 41.1. The topological polar surface area (TPSA) is 132 Å². The first-order chi connectivity index (χ1) is 25.7. The van der Waals surface area contributed by atoms with Crippen molar-refractivity contribution in [2.24, 2.45) is 22.7 Å². The molecule has 2 fully saturated rings. The average Bonchev–Trinajstić information content (AvgIpc) is 3.73. The van der Waals surface area contributed by atoms with E-state index in [-0.39, 0.29) is 30.0 Å². The summed E-state index contributed by atoms with van der Waals surface area (Å²) in [6, 6.07) is 4.84. The molecule has 1 unspecified atom stereocenters. The molecule has 0 aromatic heterocycles. The van der Waals surface area contributed by atoms with Crippen LogP contribution in [0, 0.1) is 22.7 Å². The summed E-state index contributed by atoms with van der Waals surface area (Å²) in [6.07, 6.45) is 4.29. The number of amides is 5. The molecule has 14 heteroatoms. The minimum atomic E-state index is -2.87. The van der Waals surface area contributed by atoms with Crippen LogP contribution < -0.4 is 21.3 Å². The van der Waals surface area contributed by atoms with Gasteiger partial charge in [0.1, 0.15) is 18.1 Å². The third-order valence-corrected chi connectivity index (χ3v) is 11.1. The number of ether oxygens (including phenoxy) is 1. The van der Waals surface area contributed by atoms with Crippen LogP contribution in [0.1, 0.15) is 93.1 Å². The number of halogens is 2. The predicted octanol–water partition coefficient (Wildman–Crippen LogP) is 6.15. The summed E-state index contributed by atoms with van der Waals surface area (Å²) in [5.74, 6) is -2.16. The molecular weight excluding hydrogens is 727 g/mol. The Hall–Kier alpha value is -3.23. The lowest BCUT2D eigenvalue weighted by Crippen LogP contribution is -2.62. The standard InChI is InChI=1S/C41H66F2N6O5S/c1-26(2)19-20-28-21-22-49(38(52)35(41(6,7)8)47-39(53)46-32(40(3,4)5)24-48(9)55-10)34(28)37(51)45-30(23-33(42)43)36(50)44-29-17-14-18-31(29)54-25-27-15-12-11-13-16-27/h11-13,15-16,19-20,26,28-35H,14,17-18,21-25H2,1-10H3,(H,44,50)(H,45,51)(H2,46,47,53)/b20-19+/t28?,29-,30+,31-,32-,34+,35-/m1/s1. The van der Waals surface area contributed by atoms with Gasteiger partial charge in [-0.05, 0) is 61.3 Å². The number of allylic oxidation sites excluding steroid dienone is 1. The number of rotatable bonds is 17. The normalized spacial score (nSPS) is 22.3. The van der Waals surface area contributed by atoms with Gasteiger partial charge in [0.05, 0.1) is 18.8 Å². The van der Waals surface area contributed by atoms with Gasteiger partial charge in [-0.2, -0.15) is 0 Å². The number of hydrogen-bond donors (Lipinski definition) is 4. The molecule has 1 saturated carbocycles. The smallest absolute Gasteiger partial charge is 0.315 e. The molecule has 1 aromatic carbocycles. The van der Waals surface area contributed by atoms with E-state index in [1.54, 1.807) is 11.9 Å². The van der Waals surface area contributed by atoms with Crippen molar-refractivity contribution in [3.8, 4) is 0 Å². The van der Waals surface area contributed by atoms with Crippen molar-refractivity contribution >= 4 is 35.7 Å². The first-order valence-electron chi connectivity index (χ1n) is 19.6. The Balaban J connectivity index is 1.83. The molecule has 4 N–H and O–H groups in total. The molecule has 1 saturated heterocycles. The third-order valence-electron chi connectivity index (χ3n) is 10.4. The number of nitrogens with one attached hydrogen (secondary N) is 4. The molecule has 0 spiro atoms. The van der Waals surface area contributed by atoms with Crippen LogP contribution in [0.2, 0.25) is 0 Å². The average molecular weight is 793 g/mol. The minimum absolute atomic E-state index is 0.155. The fraction of sp³-hybridized carbons (Fsp3) is 0.707. The predicted molar refractivity (Wildman–Crippen MR) is 215 cm³/mol. The molecule has 5 amide bonds. The second-order valence-corrected chi connectivity index (χ2v) is 18.4. The van der Waals surface area contributed by atoms with Crippen LogP contribution in [-0.2, 0) is 25.7 Å². The lowest BCUT2D eigenvalue weighted by molar-refractivity contribution is -0.143. The van der Waals surface area contributed by atoms with Gasteiger partial charge in [-0.3, -0.25) is 18.7 Å². The summed E-state index contributed by atoms with van der Waals surface area (Å²) in [7, 11) is 1.94. The van der Waals surface area contributed by atoms with Crippen LogP contribution >= 0.6 is 11.9 Å². The van der Waals surface area contributed by atoms with Crippen molar-refractivity contribution in [1.29, 1.82) is 0 Å². The van der Waals surface area contributed by atoms with Crippen LogP contribution in [0.25, 0.3) is 0 Å². The van der Waals surface area contributed by atoms with Crippen molar-refractivity contribution in [3.63, 3.8) is 0 Å². The highest BCUT2D eigenvalue weighted by atomic mass is 32.2. The first-order valence-corrected chi connectivity index (χ1v) is 20.7. The van der Waals surface area contributed by atoms with Gasteiger partial charge < -0.3 is 30.9 Å². The number of urea groups is 1. The molecule has 2 aliphatic rings. The Morgan fingerprint density at radius 2 is 1.65 bits per heavy atom. The van der Waals surface area contributed by atoms with E-state index < -0.39 is 72.1 Å². The molecule has 0 bridgehead atoms. The lowest BCUT2D eigenvalue weighted by atomic mass is 9.85. The summed E-state index contributed by atoms with van der Waals surface area (Å²) in [4.78, 5) is 57.4. The highest BCUT2D eigenvalue weighted by molar-refractivity contribution is 7.96. The summed E-state index contributed by atoms with van der Waals surface area (Å²) >= 11 is 1.55. The Kier molecular flexibility index (Phi) is 17.4. The number of alkyl halides is 2. The molecule has 3 rings (SSSR count). The highest BCUT2D eigenvalue weighted by Gasteiger charge is 2.47. The van der Waals surface area contributed by atoms with Gasteiger partial charge in [0.15, 0.2) is 0 Å². The van der Waals surface area contributed by atoms with Crippen LogP contribution in [-0.4, -0.2) is 102 Å². The monoisotopic (exact) mass is 792 g/mol. The Bertz CT molecular complexity index is 1440. The van der Waals surface area contributed by atoms with E-state index in [2.05, 4.69) is 21.3 Å². The molecule has 1 aliphatic carbocycles. The van der Waals surface area contributed by atoms with Gasteiger partial charge in [-0.15, -0.1) is 0 Å². The molecule has 7 atom stereocenters. The zero-order valence-electron chi connectivity index (χ0n) is 34.5. The molecule has 310 valence electrons. The number of benzene rings is 1. The number of carbonyl (C=O) groups is 4. The van der Waals surface area contributed by atoms with E-state index in [0.717, 1.165) is 12.0 Å². The van der Waals surface area contributed by atoms with Gasteiger partial charge >= 0.3 is 6.03 Å². The van der Waals surface area contributed by atoms with Gasteiger partial charge in [-0.1, -0.05) is 110 Å². The third kappa shape index (κ3) is 14.3. The minimum Gasteiger partial charge on any atom is -0.371 e. The SMILES string of the molecule is CSN(C)C[C@@H](NC(=O)N[C@H](C(=O)N1CCC(/C=C/C(C)C)[C@H]1C(=O)N[C@@H](CC(F)F)C(=O)N[C@@H]1CCC[C@H]1OCc1ccccc1)C(C)(C)C)C(C)(C)C.